The Bertz CT molecular complexity index is 3110. The standard InChI is InChI=1S/C54H37NS/c1-53(2)43-22-7-5-19-39(43)41-30-28-36(32-48(41)53)55(49-26-13-15-34-14-3-4-18-38(34)49)37-29-31-46-51(33-37)56-50-27-10-9-24-45(50)54(46)44-23-8-6-20-40(44)42-21-11-16-35-17-12-25-47(54)52(35)42/h3-33H,1-2H3. The van der Waals surface area contributed by atoms with Crippen LogP contribution in [0.1, 0.15) is 47.2 Å². The summed E-state index contributed by atoms with van der Waals surface area (Å²) in [4.78, 5) is 5.09. The van der Waals surface area contributed by atoms with Crippen LogP contribution in [0.2, 0.25) is 0 Å². The molecule has 9 aromatic carbocycles. The number of nitrogens with zero attached hydrogens (tertiary/aromatic N) is 1. The summed E-state index contributed by atoms with van der Waals surface area (Å²) in [6.45, 7) is 4.74. The van der Waals surface area contributed by atoms with E-state index in [1.165, 1.54) is 98.3 Å². The van der Waals surface area contributed by atoms with Gasteiger partial charge in [0.25, 0.3) is 0 Å². The Balaban J connectivity index is 1.13. The summed E-state index contributed by atoms with van der Waals surface area (Å²) in [6, 6.07) is 70.8. The highest BCUT2D eigenvalue weighted by molar-refractivity contribution is 7.99. The van der Waals surface area contributed by atoms with Crippen LogP contribution in [0.3, 0.4) is 0 Å². The molecule has 9 aromatic rings. The Morgan fingerprint density at radius 3 is 1.84 bits per heavy atom. The minimum Gasteiger partial charge on any atom is -0.310 e. The molecule has 2 heteroatoms. The van der Waals surface area contributed by atoms with E-state index in [-0.39, 0.29) is 5.41 Å². The van der Waals surface area contributed by atoms with Crippen molar-refractivity contribution < 1.29 is 0 Å². The first kappa shape index (κ1) is 31.9. The predicted octanol–water partition coefficient (Wildman–Crippen LogP) is 14.6. The first-order valence-corrected chi connectivity index (χ1v) is 20.4. The molecule has 0 amide bonds. The van der Waals surface area contributed by atoms with Gasteiger partial charge in [-0.05, 0) is 108 Å². The van der Waals surface area contributed by atoms with Crippen LogP contribution >= 0.6 is 11.8 Å². The van der Waals surface area contributed by atoms with Crippen molar-refractivity contribution >= 4 is 50.4 Å². The van der Waals surface area contributed by atoms with E-state index in [0.717, 1.165) is 5.69 Å². The monoisotopic (exact) mass is 731 g/mol. The third-order valence-electron chi connectivity index (χ3n) is 12.9. The zero-order chi connectivity index (χ0) is 37.2. The summed E-state index contributed by atoms with van der Waals surface area (Å²) in [7, 11) is 0. The van der Waals surface area contributed by atoms with E-state index in [9.17, 15) is 0 Å². The molecule has 56 heavy (non-hydrogen) atoms. The predicted molar refractivity (Wildman–Crippen MR) is 235 cm³/mol. The van der Waals surface area contributed by atoms with Gasteiger partial charge in [-0.3, -0.25) is 0 Å². The molecule has 0 N–H and O–H groups in total. The molecular weight excluding hydrogens is 695 g/mol. The lowest BCUT2D eigenvalue weighted by Crippen LogP contribution is -2.36. The summed E-state index contributed by atoms with van der Waals surface area (Å²) in [5.74, 6) is 0. The zero-order valence-corrected chi connectivity index (χ0v) is 32.1. The average Bonchev–Trinajstić information content (AvgIpc) is 3.48. The zero-order valence-electron chi connectivity index (χ0n) is 31.3. The topological polar surface area (TPSA) is 3.24 Å². The number of hydrogen-bond acceptors (Lipinski definition) is 2. The highest BCUT2D eigenvalue weighted by Gasteiger charge is 2.48. The Morgan fingerprint density at radius 1 is 0.393 bits per heavy atom. The van der Waals surface area contributed by atoms with Gasteiger partial charge in [0.15, 0.2) is 0 Å². The molecule has 0 saturated heterocycles. The van der Waals surface area contributed by atoms with E-state index in [0.29, 0.717) is 0 Å². The van der Waals surface area contributed by atoms with Gasteiger partial charge in [0.05, 0.1) is 11.1 Å². The second-order valence-electron chi connectivity index (χ2n) is 16.0. The Kier molecular flexibility index (Phi) is 6.61. The van der Waals surface area contributed by atoms with Crippen molar-refractivity contribution in [3.8, 4) is 22.3 Å². The fourth-order valence-electron chi connectivity index (χ4n) is 10.5. The third-order valence-corrected chi connectivity index (χ3v) is 14.0. The molecule has 0 radical (unpaired) electrons. The van der Waals surface area contributed by atoms with Gasteiger partial charge in [-0.15, -0.1) is 0 Å². The smallest absolute Gasteiger partial charge is 0.0735 e. The van der Waals surface area contributed by atoms with Crippen LogP contribution in [0, 0.1) is 0 Å². The number of hydrogen-bond donors (Lipinski definition) is 0. The molecule has 1 nitrogen and oxygen atoms in total. The molecule has 0 fully saturated rings. The molecule has 1 unspecified atom stereocenters. The summed E-state index contributed by atoms with van der Waals surface area (Å²) >= 11 is 1.91. The van der Waals surface area contributed by atoms with Crippen molar-refractivity contribution in [2.24, 2.45) is 0 Å². The number of fused-ring (bicyclic) bond motifs is 12. The van der Waals surface area contributed by atoms with Crippen molar-refractivity contribution in [3.63, 3.8) is 0 Å². The first-order chi connectivity index (χ1) is 27.5. The van der Waals surface area contributed by atoms with Crippen LogP contribution in [0.5, 0.6) is 0 Å². The molecule has 1 aliphatic heterocycles. The molecule has 3 aliphatic rings. The van der Waals surface area contributed by atoms with Gasteiger partial charge in [-0.25, -0.2) is 0 Å². The van der Waals surface area contributed by atoms with E-state index < -0.39 is 5.41 Å². The molecule has 1 spiro atoms. The van der Waals surface area contributed by atoms with Crippen molar-refractivity contribution in [1.29, 1.82) is 0 Å². The fourth-order valence-corrected chi connectivity index (χ4v) is 11.7. The van der Waals surface area contributed by atoms with Crippen LogP contribution in [0.15, 0.2) is 198 Å². The first-order valence-electron chi connectivity index (χ1n) is 19.6. The summed E-state index contributed by atoms with van der Waals surface area (Å²) < 4.78 is 0. The normalized spacial score (nSPS) is 16.5. The molecule has 1 atom stereocenters. The summed E-state index contributed by atoms with van der Waals surface area (Å²) in [5, 5.41) is 5.10. The van der Waals surface area contributed by atoms with Gasteiger partial charge >= 0.3 is 0 Å². The van der Waals surface area contributed by atoms with Crippen molar-refractivity contribution in [3.05, 3.63) is 221 Å². The maximum atomic E-state index is 2.50. The van der Waals surface area contributed by atoms with E-state index in [1.807, 2.05) is 11.8 Å². The lowest BCUT2D eigenvalue weighted by molar-refractivity contribution is 0.660. The second-order valence-corrected chi connectivity index (χ2v) is 17.1. The second kappa shape index (κ2) is 11.6. The van der Waals surface area contributed by atoms with Crippen LogP contribution in [-0.2, 0) is 10.8 Å². The Hall–Kier alpha value is -6.35. The van der Waals surface area contributed by atoms with Crippen molar-refractivity contribution in [1.82, 2.24) is 0 Å². The van der Waals surface area contributed by atoms with Gasteiger partial charge in [0, 0.05) is 32.0 Å². The molecule has 0 bridgehead atoms. The van der Waals surface area contributed by atoms with Gasteiger partial charge in [0.1, 0.15) is 0 Å². The maximum absolute atomic E-state index is 2.50. The lowest BCUT2D eigenvalue weighted by Gasteiger charge is -2.46. The molecule has 264 valence electrons. The average molecular weight is 732 g/mol. The summed E-state index contributed by atoms with van der Waals surface area (Å²) in [5.41, 5.74) is 16.4. The van der Waals surface area contributed by atoms with Gasteiger partial charge < -0.3 is 4.90 Å². The number of benzene rings is 9. The highest BCUT2D eigenvalue weighted by Crippen LogP contribution is 2.62. The van der Waals surface area contributed by atoms with E-state index in [1.54, 1.807) is 0 Å². The third kappa shape index (κ3) is 4.17. The van der Waals surface area contributed by atoms with Gasteiger partial charge in [0.2, 0.25) is 0 Å². The van der Waals surface area contributed by atoms with Gasteiger partial charge in [-0.2, -0.15) is 0 Å². The quantitative estimate of drug-likeness (QED) is 0.178. The Labute approximate surface area is 331 Å². The van der Waals surface area contributed by atoms with Crippen LogP contribution in [0.25, 0.3) is 43.8 Å². The van der Waals surface area contributed by atoms with Gasteiger partial charge in [-0.1, -0.05) is 177 Å². The molecule has 0 aromatic heterocycles. The molecular formula is C54H37NS. The SMILES string of the molecule is CC1(C)c2ccccc2-c2ccc(N(c3ccc4c(c3)Sc3ccccc3C43c4ccccc4-c4cccc5cccc3c45)c3cccc4ccccc34)cc21. The fraction of sp³-hybridized carbons (Fsp3) is 0.0741. The Morgan fingerprint density at radius 2 is 0.964 bits per heavy atom. The molecule has 0 saturated carbocycles. The summed E-state index contributed by atoms with van der Waals surface area (Å²) in [6.07, 6.45) is 0. The van der Waals surface area contributed by atoms with Crippen LogP contribution in [-0.4, -0.2) is 0 Å². The minimum atomic E-state index is -0.478. The lowest BCUT2D eigenvalue weighted by atomic mass is 9.59. The molecule has 2 aliphatic carbocycles. The van der Waals surface area contributed by atoms with Crippen LogP contribution in [0.4, 0.5) is 17.1 Å². The van der Waals surface area contributed by atoms with Crippen molar-refractivity contribution in [2.45, 2.75) is 34.5 Å². The molecule has 1 heterocycles. The van der Waals surface area contributed by atoms with Crippen molar-refractivity contribution in [2.75, 3.05) is 4.90 Å². The number of anilines is 3. The minimum absolute atomic E-state index is 0.111. The number of rotatable bonds is 3. The molecule has 12 rings (SSSR count). The van der Waals surface area contributed by atoms with E-state index in [2.05, 4.69) is 207 Å². The van der Waals surface area contributed by atoms with Crippen LogP contribution < -0.4 is 4.90 Å². The largest absolute Gasteiger partial charge is 0.310 e. The van der Waals surface area contributed by atoms with E-state index in [4.69, 9.17) is 0 Å². The maximum Gasteiger partial charge on any atom is 0.0735 e. The highest BCUT2D eigenvalue weighted by atomic mass is 32.2. The van der Waals surface area contributed by atoms with E-state index >= 15 is 0 Å².